The number of benzene rings is 1. The Balaban J connectivity index is 1.26. The molecule has 4 rings (SSSR count). The second-order valence-electron chi connectivity index (χ2n) is 8.68. The summed E-state index contributed by atoms with van der Waals surface area (Å²) >= 11 is 0. The normalized spacial score (nSPS) is 25.0. The van der Waals surface area contributed by atoms with E-state index in [-0.39, 0.29) is 5.92 Å². The quantitative estimate of drug-likeness (QED) is 0.806. The molecule has 0 spiro atoms. The lowest BCUT2D eigenvalue weighted by atomic mass is 9.93. The summed E-state index contributed by atoms with van der Waals surface area (Å²) in [6.45, 7) is 7.28. The second-order valence-corrected chi connectivity index (χ2v) is 8.68. The lowest BCUT2D eigenvalue weighted by Gasteiger charge is -2.42. The first kappa shape index (κ1) is 19.4. The Labute approximate surface area is 168 Å². The van der Waals surface area contributed by atoms with Crippen LogP contribution >= 0.6 is 0 Å². The zero-order valence-electron chi connectivity index (χ0n) is 16.9. The Hall–Kier alpha value is -1.90. The van der Waals surface area contributed by atoms with Crippen molar-refractivity contribution in [2.75, 3.05) is 39.3 Å². The van der Waals surface area contributed by atoms with Crippen LogP contribution in [0.15, 0.2) is 24.3 Å². The van der Waals surface area contributed by atoms with Crippen molar-refractivity contribution in [3.63, 3.8) is 0 Å². The van der Waals surface area contributed by atoms with Gasteiger partial charge in [0.1, 0.15) is 0 Å². The van der Waals surface area contributed by atoms with Crippen molar-refractivity contribution in [3.8, 4) is 6.07 Å². The molecule has 28 heavy (non-hydrogen) atoms. The molecule has 0 bridgehead atoms. The molecule has 0 radical (unpaired) electrons. The summed E-state index contributed by atoms with van der Waals surface area (Å²) in [5, 5.41) is 8.93. The summed E-state index contributed by atoms with van der Waals surface area (Å²) in [6, 6.07) is 10.8. The monoisotopic (exact) mass is 380 g/mol. The first-order valence-corrected chi connectivity index (χ1v) is 11.0. The van der Waals surface area contributed by atoms with Crippen molar-refractivity contribution in [2.45, 2.75) is 51.1 Å². The van der Waals surface area contributed by atoms with Crippen molar-refractivity contribution in [1.82, 2.24) is 14.7 Å². The average molecular weight is 381 g/mol. The molecule has 5 nitrogen and oxygen atoms in total. The molecule has 3 saturated heterocycles. The van der Waals surface area contributed by atoms with Gasteiger partial charge in [0, 0.05) is 32.2 Å². The van der Waals surface area contributed by atoms with Gasteiger partial charge in [-0.15, -0.1) is 0 Å². The van der Waals surface area contributed by atoms with Gasteiger partial charge in [-0.1, -0.05) is 12.1 Å². The standard InChI is InChI=1S/C23H32N4O/c24-16-19-5-7-20(8-6-19)17-25-14-9-22(10-15-25)27-13-3-4-21(18-27)23(28)26-11-1-2-12-26/h5-8,21-22H,1-4,9-15,17-18H2/t21-/m0/s1. The van der Waals surface area contributed by atoms with Gasteiger partial charge in [-0.25, -0.2) is 0 Å². The fourth-order valence-electron chi connectivity index (χ4n) is 5.12. The van der Waals surface area contributed by atoms with E-state index in [9.17, 15) is 4.79 Å². The number of likely N-dealkylation sites (tertiary alicyclic amines) is 3. The highest BCUT2D eigenvalue weighted by Crippen LogP contribution is 2.26. The third-order valence-electron chi connectivity index (χ3n) is 6.78. The molecule has 1 aromatic rings. The zero-order valence-corrected chi connectivity index (χ0v) is 16.9. The zero-order chi connectivity index (χ0) is 19.3. The molecule has 5 heteroatoms. The van der Waals surface area contributed by atoms with E-state index in [0.717, 1.165) is 64.2 Å². The fourth-order valence-corrected chi connectivity index (χ4v) is 5.12. The van der Waals surface area contributed by atoms with Crippen LogP contribution in [0.25, 0.3) is 0 Å². The summed E-state index contributed by atoms with van der Waals surface area (Å²) in [7, 11) is 0. The maximum absolute atomic E-state index is 12.8. The molecule has 0 N–H and O–H groups in total. The molecule has 0 saturated carbocycles. The Morgan fingerprint density at radius 1 is 0.964 bits per heavy atom. The number of hydrogen-bond acceptors (Lipinski definition) is 4. The van der Waals surface area contributed by atoms with E-state index in [1.54, 1.807) is 0 Å². The van der Waals surface area contributed by atoms with Gasteiger partial charge < -0.3 is 4.90 Å². The summed E-state index contributed by atoms with van der Waals surface area (Å²) in [5.74, 6) is 0.643. The van der Waals surface area contributed by atoms with Gasteiger partial charge >= 0.3 is 0 Å². The third-order valence-corrected chi connectivity index (χ3v) is 6.78. The molecule has 1 aromatic carbocycles. The number of carbonyl (C=O) groups excluding carboxylic acids is 1. The van der Waals surface area contributed by atoms with Crippen molar-refractivity contribution >= 4 is 5.91 Å². The number of hydrogen-bond donors (Lipinski definition) is 0. The van der Waals surface area contributed by atoms with Crippen molar-refractivity contribution in [1.29, 1.82) is 5.26 Å². The lowest BCUT2D eigenvalue weighted by Crippen LogP contribution is -2.51. The van der Waals surface area contributed by atoms with Gasteiger partial charge in [-0.05, 0) is 75.9 Å². The third kappa shape index (κ3) is 4.56. The Morgan fingerprint density at radius 3 is 2.36 bits per heavy atom. The van der Waals surface area contributed by atoms with Gasteiger partial charge in [0.15, 0.2) is 0 Å². The van der Waals surface area contributed by atoms with Crippen LogP contribution in [0, 0.1) is 17.2 Å². The number of piperidine rings is 2. The van der Waals surface area contributed by atoms with Crippen molar-refractivity contribution in [2.24, 2.45) is 5.92 Å². The molecule has 1 amide bonds. The number of rotatable bonds is 4. The second kappa shape index (κ2) is 9.07. The van der Waals surface area contributed by atoms with Crippen LogP contribution in [0.5, 0.6) is 0 Å². The minimum absolute atomic E-state index is 0.225. The first-order chi connectivity index (χ1) is 13.7. The Morgan fingerprint density at radius 2 is 1.68 bits per heavy atom. The van der Waals surface area contributed by atoms with Crippen LogP contribution in [-0.2, 0) is 11.3 Å². The predicted molar refractivity (Wildman–Crippen MR) is 110 cm³/mol. The molecule has 0 unspecified atom stereocenters. The molecular formula is C23H32N4O. The molecule has 0 aromatic heterocycles. The van der Waals surface area contributed by atoms with Gasteiger partial charge in [0.2, 0.25) is 5.91 Å². The van der Waals surface area contributed by atoms with E-state index < -0.39 is 0 Å². The van der Waals surface area contributed by atoms with E-state index in [4.69, 9.17) is 5.26 Å². The minimum Gasteiger partial charge on any atom is -0.342 e. The van der Waals surface area contributed by atoms with Gasteiger partial charge in [-0.3, -0.25) is 14.6 Å². The Bertz CT molecular complexity index is 696. The summed E-state index contributed by atoms with van der Waals surface area (Å²) in [6.07, 6.45) is 6.99. The molecule has 0 aliphatic carbocycles. The largest absolute Gasteiger partial charge is 0.342 e. The fraction of sp³-hybridized carbons (Fsp3) is 0.652. The highest BCUT2D eigenvalue weighted by atomic mass is 16.2. The molecular weight excluding hydrogens is 348 g/mol. The molecule has 1 atom stereocenters. The predicted octanol–water partition coefficient (Wildman–Crippen LogP) is 2.86. The van der Waals surface area contributed by atoms with Gasteiger partial charge in [-0.2, -0.15) is 5.26 Å². The molecule has 3 fully saturated rings. The van der Waals surface area contributed by atoms with Crippen LogP contribution in [0.2, 0.25) is 0 Å². The van der Waals surface area contributed by atoms with Crippen LogP contribution in [0.3, 0.4) is 0 Å². The molecule has 3 aliphatic rings. The van der Waals surface area contributed by atoms with Gasteiger partial charge in [0.05, 0.1) is 17.6 Å². The number of amides is 1. The summed E-state index contributed by atoms with van der Waals surface area (Å²) in [5.41, 5.74) is 2.01. The lowest BCUT2D eigenvalue weighted by molar-refractivity contribution is -0.136. The van der Waals surface area contributed by atoms with E-state index in [1.165, 1.54) is 31.2 Å². The van der Waals surface area contributed by atoms with E-state index >= 15 is 0 Å². The SMILES string of the molecule is N#Cc1ccc(CN2CCC(N3CCC[C@H](C(=O)N4CCCC4)C3)CC2)cc1. The van der Waals surface area contributed by atoms with Crippen LogP contribution in [0.4, 0.5) is 0 Å². The van der Waals surface area contributed by atoms with Crippen molar-refractivity contribution in [3.05, 3.63) is 35.4 Å². The van der Waals surface area contributed by atoms with Crippen LogP contribution in [-0.4, -0.2) is 65.9 Å². The average Bonchev–Trinajstić information content (AvgIpc) is 3.29. The smallest absolute Gasteiger partial charge is 0.226 e. The molecule has 3 heterocycles. The van der Waals surface area contributed by atoms with Crippen LogP contribution < -0.4 is 0 Å². The van der Waals surface area contributed by atoms with Crippen molar-refractivity contribution < 1.29 is 4.79 Å². The number of nitrogens with zero attached hydrogens (tertiary/aromatic N) is 4. The number of carbonyl (C=O) groups is 1. The van der Waals surface area contributed by atoms with E-state index in [1.807, 2.05) is 12.1 Å². The number of nitriles is 1. The highest BCUT2D eigenvalue weighted by Gasteiger charge is 2.34. The molecule has 3 aliphatic heterocycles. The highest BCUT2D eigenvalue weighted by molar-refractivity contribution is 5.79. The minimum atomic E-state index is 0.225. The molecule has 150 valence electrons. The topological polar surface area (TPSA) is 50.6 Å². The first-order valence-electron chi connectivity index (χ1n) is 11.0. The maximum Gasteiger partial charge on any atom is 0.226 e. The van der Waals surface area contributed by atoms with Crippen LogP contribution in [0.1, 0.15) is 49.7 Å². The maximum atomic E-state index is 12.8. The summed E-state index contributed by atoms with van der Waals surface area (Å²) < 4.78 is 0. The summed E-state index contributed by atoms with van der Waals surface area (Å²) in [4.78, 5) is 20.0. The van der Waals surface area contributed by atoms with Gasteiger partial charge in [0.25, 0.3) is 0 Å². The van der Waals surface area contributed by atoms with E-state index in [2.05, 4.69) is 32.9 Å². The van der Waals surface area contributed by atoms with E-state index in [0.29, 0.717) is 11.9 Å². The Kier molecular flexibility index (Phi) is 6.29.